The number of hydrogen-bond donors (Lipinski definition) is 1. The fourth-order valence-corrected chi connectivity index (χ4v) is 6.00. The number of aryl methyl sites for hydroxylation is 1. The molecular formula is C27H25N2O3S2+. The van der Waals surface area contributed by atoms with Crippen molar-refractivity contribution < 1.29 is 17.5 Å². The van der Waals surface area contributed by atoms with Gasteiger partial charge in [0.2, 0.25) is 5.52 Å². The first-order valence-electron chi connectivity index (χ1n) is 11.1. The van der Waals surface area contributed by atoms with Crippen LogP contribution in [-0.4, -0.2) is 25.8 Å². The summed E-state index contributed by atoms with van der Waals surface area (Å²) in [6, 6.07) is 26.9. The van der Waals surface area contributed by atoms with E-state index in [0.29, 0.717) is 13.0 Å². The molecule has 1 aromatic heterocycles. The van der Waals surface area contributed by atoms with Crippen LogP contribution < -0.4 is 9.47 Å². The van der Waals surface area contributed by atoms with E-state index in [1.165, 1.54) is 11.1 Å². The monoisotopic (exact) mass is 489 g/mol. The van der Waals surface area contributed by atoms with Crippen LogP contribution >= 0.6 is 11.3 Å². The van der Waals surface area contributed by atoms with Gasteiger partial charge >= 0.3 is 0 Å². The van der Waals surface area contributed by atoms with Gasteiger partial charge in [0.1, 0.15) is 4.70 Å². The first kappa shape index (κ1) is 22.5. The number of para-hydroxylation sites is 2. The van der Waals surface area contributed by atoms with E-state index >= 15 is 0 Å². The molecule has 0 atom stereocenters. The van der Waals surface area contributed by atoms with Crippen molar-refractivity contribution in [1.29, 1.82) is 0 Å². The van der Waals surface area contributed by atoms with Gasteiger partial charge in [0.15, 0.2) is 6.54 Å². The zero-order valence-corrected chi connectivity index (χ0v) is 20.4. The molecule has 172 valence electrons. The summed E-state index contributed by atoms with van der Waals surface area (Å²) < 4.78 is 35.0. The molecular weight excluding hydrogens is 464 g/mol. The van der Waals surface area contributed by atoms with Gasteiger partial charge in [-0.15, -0.1) is 0 Å². The van der Waals surface area contributed by atoms with Gasteiger partial charge in [-0.2, -0.15) is 13.0 Å². The third-order valence-corrected chi connectivity index (χ3v) is 7.93. The minimum atomic E-state index is -3.99. The van der Waals surface area contributed by atoms with Gasteiger partial charge in [-0.1, -0.05) is 72.0 Å². The fraction of sp³-hybridized carbons (Fsp3) is 0.148. The summed E-state index contributed by atoms with van der Waals surface area (Å²) >= 11 is 1.67. The summed E-state index contributed by atoms with van der Waals surface area (Å²) in [5.41, 5.74) is 6.75. The van der Waals surface area contributed by atoms with Crippen molar-refractivity contribution >= 4 is 49.0 Å². The first-order chi connectivity index (χ1) is 16.4. The van der Waals surface area contributed by atoms with E-state index in [0.717, 1.165) is 32.2 Å². The van der Waals surface area contributed by atoms with Crippen LogP contribution in [0.5, 0.6) is 0 Å². The van der Waals surface area contributed by atoms with E-state index in [1.807, 2.05) is 24.3 Å². The lowest BCUT2D eigenvalue weighted by molar-refractivity contribution is -0.668. The summed E-state index contributed by atoms with van der Waals surface area (Å²) in [7, 11) is -1.93. The van der Waals surface area contributed by atoms with Crippen molar-refractivity contribution in [3.05, 3.63) is 107 Å². The number of allylic oxidation sites excluding steroid dienone is 1. The van der Waals surface area contributed by atoms with Gasteiger partial charge in [0.25, 0.3) is 15.1 Å². The molecule has 0 bridgehead atoms. The highest BCUT2D eigenvalue weighted by Crippen LogP contribution is 2.39. The lowest BCUT2D eigenvalue weighted by Crippen LogP contribution is -2.36. The fourth-order valence-electron chi connectivity index (χ4n) is 4.37. The van der Waals surface area contributed by atoms with Crippen molar-refractivity contribution in [3.63, 3.8) is 0 Å². The van der Waals surface area contributed by atoms with Crippen LogP contribution in [0.25, 0.3) is 21.9 Å². The van der Waals surface area contributed by atoms with Gasteiger partial charge in [-0.3, -0.25) is 4.55 Å². The molecule has 1 aliphatic rings. The molecule has 34 heavy (non-hydrogen) atoms. The number of thiazole rings is 1. The normalized spacial score (nSPS) is 14.9. The third-order valence-electron chi connectivity index (χ3n) is 6.01. The molecule has 0 aliphatic carbocycles. The van der Waals surface area contributed by atoms with Gasteiger partial charge in [0, 0.05) is 42.6 Å². The molecule has 0 amide bonds. The van der Waals surface area contributed by atoms with E-state index in [4.69, 9.17) is 0 Å². The van der Waals surface area contributed by atoms with Gasteiger partial charge < -0.3 is 4.90 Å². The molecule has 5 nitrogen and oxygen atoms in total. The Morgan fingerprint density at radius 1 is 0.971 bits per heavy atom. The molecule has 5 rings (SSSR count). The van der Waals surface area contributed by atoms with Crippen LogP contribution in [0.15, 0.2) is 90.6 Å². The van der Waals surface area contributed by atoms with Gasteiger partial charge in [0.05, 0.1) is 5.75 Å². The number of rotatable bonds is 6. The number of fused-ring (bicyclic) bond motifs is 2. The molecule has 0 saturated carbocycles. The third kappa shape index (κ3) is 4.55. The molecule has 1 aliphatic heterocycles. The Kier molecular flexibility index (Phi) is 6.08. The maximum absolute atomic E-state index is 11.3. The van der Waals surface area contributed by atoms with Crippen LogP contribution in [0, 0.1) is 0 Å². The Morgan fingerprint density at radius 3 is 2.47 bits per heavy atom. The average Bonchev–Trinajstić information content (AvgIpc) is 3.18. The lowest BCUT2D eigenvalue weighted by Gasteiger charge is -2.29. The molecule has 2 heterocycles. The standard InChI is InChI=1S/C27H24N2O3S2/c1-28-21(18-23(20-10-3-2-4-11-20)22-12-5-6-13-24(22)28)19-27-29(16-9-17-34(30,31)32)25-14-7-8-15-26(25)33-27/h2-8,10-15,18-19H,9,16-17H2,1H3/p+1. The molecule has 7 heteroatoms. The SMILES string of the molecule is CN1/C(=C/c2sc3ccccc3[n+]2CCCS(=O)(=O)O)C=C(c2ccccc2)c2ccccc21. The highest BCUT2D eigenvalue weighted by molar-refractivity contribution is 7.85. The van der Waals surface area contributed by atoms with Crippen molar-refractivity contribution in [2.24, 2.45) is 0 Å². The molecule has 0 radical (unpaired) electrons. The molecule has 0 saturated heterocycles. The predicted octanol–water partition coefficient (Wildman–Crippen LogP) is 5.39. The maximum Gasteiger partial charge on any atom is 0.265 e. The zero-order valence-electron chi connectivity index (χ0n) is 18.8. The van der Waals surface area contributed by atoms with E-state index in [2.05, 4.69) is 83.3 Å². The van der Waals surface area contributed by atoms with Gasteiger partial charge in [-0.25, -0.2) is 0 Å². The Bertz CT molecular complexity index is 1520. The molecule has 3 aromatic carbocycles. The number of benzene rings is 3. The summed E-state index contributed by atoms with van der Waals surface area (Å²) in [5.74, 6) is -0.258. The summed E-state index contributed by atoms with van der Waals surface area (Å²) in [5, 5.41) is 1.03. The van der Waals surface area contributed by atoms with Crippen molar-refractivity contribution in [1.82, 2.24) is 0 Å². The molecule has 1 N–H and O–H groups in total. The van der Waals surface area contributed by atoms with Gasteiger partial charge in [-0.05, 0) is 29.3 Å². The number of aromatic nitrogens is 1. The second-order valence-corrected chi connectivity index (χ2v) is 10.9. The van der Waals surface area contributed by atoms with Crippen LogP contribution in [0.1, 0.15) is 22.6 Å². The number of anilines is 1. The Balaban J connectivity index is 1.63. The Hall–Kier alpha value is -3.26. The minimum absolute atomic E-state index is 0.258. The lowest BCUT2D eigenvalue weighted by atomic mass is 9.92. The predicted molar refractivity (Wildman–Crippen MR) is 139 cm³/mol. The van der Waals surface area contributed by atoms with E-state index < -0.39 is 10.1 Å². The van der Waals surface area contributed by atoms with E-state index in [9.17, 15) is 13.0 Å². The smallest absolute Gasteiger partial charge is 0.265 e. The molecule has 0 unspecified atom stereocenters. The Morgan fingerprint density at radius 2 is 1.68 bits per heavy atom. The molecule has 0 spiro atoms. The van der Waals surface area contributed by atoms with Crippen molar-refractivity contribution in [3.8, 4) is 0 Å². The highest BCUT2D eigenvalue weighted by atomic mass is 32.2. The van der Waals surface area contributed by atoms with Crippen LogP contribution in [0.2, 0.25) is 0 Å². The second-order valence-electron chi connectivity index (χ2n) is 8.27. The van der Waals surface area contributed by atoms with E-state index in [-0.39, 0.29) is 5.75 Å². The largest absolute Gasteiger partial charge is 0.344 e. The van der Waals surface area contributed by atoms with Crippen LogP contribution in [-0.2, 0) is 16.7 Å². The molecule has 0 fully saturated rings. The number of nitrogens with zero attached hydrogens (tertiary/aromatic N) is 2. The van der Waals surface area contributed by atoms with Crippen LogP contribution in [0.3, 0.4) is 0 Å². The number of hydrogen-bond acceptors (Lipinski definition) is 4. The maximum atomic E-state index is 11.3. The first-order valence-corrected chi connectivity index (χ1v) is 13.5. The quantitative estimate of drug-likeness (QED) is 0.291. The second kappa shape index (κ2) is 9.18. The zero-order chi connectivity index (χ0) is 23.7. The van der Waals surface area contributed by atoms with Crippen molar-refractivity contribution in [2.45, 2.75) is 13.0 Å². The average molecular weight is 490 g/mol. The van der Waals surface area contributed by atoms with Crippen molar-refractivity contribution in [2.75, 3.05) is 17.7 Å². The topological polar surface area (TPSA) is 61.5 Å². The van der Waals surface area contributed by atoms with E-state index in [1.54, 1.807) is 11.3 Å². The highest BCUT2D eigenvalue weighted by Gasteiger charge is 2.24. The van der Waals surface area contributed by atoms with Crippen LogP contribution in [0.4, 0.5) is 5.69 Å². The Labute approximate surface area is 203 Å². The minimum Gasteiger partial charge on any atom is -0.344 e. The number of likely N-dealkylation sites (N-methyl/N-ethyl adjacent to an activating group) is 1. The summed E-state index contributed by atoms with van der Waals surface area (Å²) in [6.45, 7) is 0.498. The summed E-state index contributed by atoms with van der Waals surface area (Å²) in [4.78, 5) is 2.19. The molecule has 4 aromatic rings. The summed E-state index contributed by atoms with van der Waals surface area (Å²) in [6.07, 6.45) is 4.71.